The first-order valence-electron chi connectivity index (χ1n) is 7.33. The Morgan fingerprint density at radius 2 is 2.14 bits per heavy atom. The lowest BCUT2D eigenvalue weighted by Gasteiger charge is -2.14. The zero-order valence-corrected chi connectivity index (χ0v) is 13.3. The molecule has 0 saturated heterocycles. The Morgan fingerprint density at radius 1 is 1.33 bits per heavy atom. The van der Waals surface area contributed by atoms with Crippen molar-refractivity contribution >= 4 is 0 Å². The fraction of sp³-hybridized carbons (Fsp3) is 0.500. The molecule has 2 rings (SSSR count). The van der Waals surface area contributed by atoms with Crippen LogP contribution in [0.3, 0.4) is 0 Å². The van der Waals surface area contributed by atoms with Crippen molar-refractivity contribution < 1.29 is 4.74 Å². The van der Waals surface area contributed by atoms with Crippen LogP contribution in [0.2, 0.25) is 0 Å². The number of aryl methyl sites for hydroxylation is 2. The van der Waals surface area contributed by atoms with Gasteiger partial charge in [0.2, 0.25) is 0 Å². The summed E-state index contributed by atoms with van der Waals surface area (Å²) in [6, 6.07) is 6.24. The molecule has 5 heteroatoms. The van der Waals surface area contributed by atoms with Crippen molar-refractivity contribution in [2.24, 2.45) is 13.0 Å². The number of nitrogens with one attached hydrogen (secondary N) is 1. The van der Waals surface area contributed by atoms with Crippen LogP contribution in [-0.2, 0) is 20.2 Å². The quantitative estimate of drug-likeness (QED) is 0.850. The lowest BCUT2D eigenvalue weighted by Crippen LogP contribution is -2.19. The number of benzene rings is 1. The number of hydrogen-bond donors (Lipinski definition) is 1. The Bertz CT molecular complexity index is 577. The predicted molar refractivity (Wildman–Crippen MR) is 83.1 cm³/mol. The molecule has 2 aromatic rings. The van der Waals surface area contributed by atoms with Gasteiger partial charge in [-0.25, -0.2) is 0 Å². The zero-order chi connectivity index (χ0) is 15.2. The third kappa shape index (κ3) is 4.56. The largest absolute Gasteiger partial charge is 0.487 e. The van der Waals surface area contributed by atoms with E-state index in [9.17, 15) is 0 Å². The maximum absolute atomic E-state index is 5.97. The molecule has 1 heterocycles. The van der Waals surface area contributed by atoms with Gasteiger partial charge in [-0.2, -0.15) is 0 Å². The van der Waals surface area contributed by atoms with Crippen LogP contribution in [0, 0.1) is 12.8 Å². The molecule has 0 atom stereocenters. The maximum atomic E-state index is 5.97. The molecular formula is C16H24N4O. The number of aromatic nitrogens is 3. The summed E-state index contributed by atoms with van der Waals surface area (Å²) in [7, 11) is 1.85. The van der Waals surface area contributed by atoms with Crippen molar-refractivity contribution in [3.05, 3.63) is 41.2 Å². The monoisotopic (exact) mass is 288 g/mol. The van der Waals surface area contributed by atoms with Gasteiger partial charge in [-0.05, 0) is 24.9 Å². The first kappa shape index (κ1) is 15.5. The summed E-state index contributed by atoms with van der Waals surface area (Å²) in [6.45, 7) is 8.73. The summed E-state index contributed by atoms with van der Waals surface area (Å²) in [4.78, 5) is 0. The van der Waals surface area contributed by atoms with E-state index in [4.69, 9.17) is 4.74 Å². The number of rotatable bonds is 7. The van der Waals surface area contributed by atoms with Crippen molar-refractivity contribution in [1.29, 1.82) is 0 Å². The summed E-state index contributed by atoms with van der Waals surface area (Å²) >= 11 is 0. The van der Waals surface area contributed by atoms with E-state index in [1.165, 1.54) is 5.56 Å². The van der Waals surface area contributed by atoms with Gasteiger partial charge < -0.3 is 10.1 Å². The van der Waals surface area contributed by atoms with E-state index >= 15 is 0 Å². The van der Waals surface area contributed by atoms with Crippen molar-refractivity contribution in [2.45, 2.75) is 33.9 Å². The van der Waals surface area contributed by atoms with Gasteiger partial charge in [0.1, 0.15) is 18.1 Å². The molecule has 114 valence electrons. The predicted octanol–water partition coefficient (Wildman–Crippen LogP) is 2.45. The number of para-hydroxylation sites is 1. The van der Waals surface area contributed by atoms with E-state index < -0.39 is 0 Å². The molecule has 1 N–H and O–H groups in total. The second kappa shape index (κ2) is 7.22. The third-order valence-electron chi connectivity index (χ3n) is 3.18. The molecule has 0 saturated carbocycles. The van der Waals surface area contributed by atoms with E-state index in [-0.39, 0.29) is 0 Å². The Morgan fingerprint density at radius 3 is 2.81 bits per heavy atom. The number of ether oxygens (including phenoxy) is 1. The molecule has 0 spiro atoms. The van der Waals surface area contributed by atoms with E-state index in [0.29, 0.717) is 12.5 Å². The molecule has 0 unspecified atom stereocenters. The van der Waals surface area contributed by atoms with E-state index in [1.54, 1.807) is 4.68 Å². The Kier molecular flexibility index (Phi) is 5.33. The van der Waals surface area contributed by atoms with E-state index in [0.717, 1.165) is 30.1 Å². The van der Waals surface area contributed by atoms with E-state index in [2.05, 4.69) is 54.6 Å². The average molecular weight is 288 g/mol. The minimum absolute atomic E-state index is 0.440. The minimum Gasteiger partial charge on any atom is -0.487 e. The smallest absolute Gasteiger partial charge is 0.134 e. The number of hydrogen-bond acceptors (Lipinski definition) is 4. The first-order valence-corrected chi connectivity index (χ1v) is 7.33. The van der Waals surface area contributed by atoms with Crippen molar-refractivity contribution in [1.82, 2.24) is 20.3 Å². The van der Waals surface area contributed by atoms with Crippen molar-refractivity contribution in [3.63, 3.8) is 0 Å². The highest BCUT2D eigenvalue weighted by Crippen LogP contribution is 2.24. The Hall–Kier alpha value is -1.88. The van der Waals surface area contributed by atoms with Crippen LogP contribution in [0.4, 0.5) is 0 Å². The van der Waals surface area contributed by atoms with Crippen LogP contribution < -0.4 is 10.1 Å². The molecule has 0 radical (unpaired) electrons. The molecule has 1 aromatic carbocycles. The standard InChI is InChI=1S/C16H24N4O/c1-12(2)8-17-9-14-7-5-6-13(3)16(14)21-11-15-10-20(4)19-18-15/h5-7,10,12,17H,8-9,11H2,1-4H3. The molecule has 0 bridgehead atoms. The second-order valence-corrected chi connectivity index (χ2v) is 5.76. The maximum Gasteiger partial charge on any atom is 0.134 e. The first-order chi connectivity index (χ1) is 10.1. The molecule has 0 aliphatic rings. The Labute approximate surface area is 126 Å². The van der Waals surface area contributed by atoms with Crippen LogP contribution in [-0.4, -0.2) is 21.5 Å². The van der Waals surface area contributed by atoms with Crippen molar-refractivity contribution in [2.75, 3.05) is 6.54 Å². The minimum atomic E-state index is 0.440. The van der Waals surface area contributed by atoms with Gasteiger partial charge in [0, 0.05) is 19.2 Å². The molecule has 0 fully saturated rings. The summed E-state index contributed by atoms with van der Waals surface area (Å²) in [5.41, 5.74) is 3.16. The lowest BCUT2D eigenvalue weighted by molar-refractivity contribution is 0.295. The summed E-state index contributed by atoms with van der Waals surface area (Å²) in [6.07, 6.45) is 1.87. The molecule has 0 aliphatic carbocycles. The highest BCUT2D eigenvalue weighted by Gasteiger charge is 2.08. The van der Waals surface area contributed by atoms with Gasteiger partial charge in [-0.15, -0.1) is 5.10 Å². The third-order valence-corrected chi connectivity index (χ3v) is 3.18. The number of nitrogens with zero attached hydrogens (tertiary/aromatic N) is 3. The lowest BCUT2D eigenvalue weighted by atomic mass is 10.1. The highest BCUT2D eigenvalue weighted by atomic mass is 16.5. The summed E-state index contributed by atoms with van der Waals surface area (Å²) in [5.74, 6) is 1.58. The Balaban J connectivity index is 2.02. The van der Waals surface area contributed by atoms with Gasteiger partial charge in [0.05, 0.1) is 6.20 Å². The van der Waals surface area contributed by atoms with Gasteiger partial charge in [-0.3, -0.25) is 4.68 Å². The zero-order valence-electron chi connectivity index (χ0n) is 13.3. The molecular weight excluding hydrogens is 264 g/mol. The van der Waals surface area contributed by atoms with Gasteiger partial charge in [0.15, 0.2) is 0 Å². The van der Waals surface area contributed by atoms with Crippen LogP contribution in [0.5, 0.6) is 5.75 Å². The average Bonchev–Trinajstić information content (AvgIpc) is 2.83. The molecule has 0 aliphatic heterocycles. The highest BCUT2D eigenvalue weighted by molar-refractivity contribution is 5.40. The van der Waals surface area contributed by atoms with Crippen LogP contribution >= 0.6 is 0 Å². The fourth-order valence-electron chi connectivity index (χ4n) is 2.16. The van der Waals surface area contributed by atoms with Crippen LogP contribution in [0.25, 0.3) is 0 Å². The topological polar surface area (TPSA) is 52.0 Å². The summed E-state index contributed by atoms with van der Waals surface area (Å²) < 4.78 is 7.65. The molecule has 21 heavy (non-hydrogen) atoms. The molecule has 5 nitrogen and oxygen atoms in total. The summed E-state index contributed by atoms with van der Waals surface area (Å²) in [5, 5.41) is 11.4. The fourth-order valence-corrected chi connectivity index (χ4v) is 2.16. The van der Waals surface area contributed by atoms with Crippen LogP contribution in [0.1, 0.15) is 30.7 Å². The van der Waals surface area contributed by atoms with Gasteiger partial charge in [-0.1, -0.05) is 37.3 Å². The van der Waals surface area contributed by atoms with Crippen molar-refractivity contribution in [3.8, 4) is 5.75 Å². The van der Waals surface area contributed by atoms with Gasteiger partial charge >= 0.3 is 0 Å². The normalized spacial score (nSPS) is 11.1. The van der Waals surface area contributed by atoms with E-state index in [1.807, 2.05) is 13.2 Å². The van der Waals surface area contributed by atoms with Gasteiger partial charge in [0.25, 0.3) is 0 Å². The molecule has 0 amide bonds. The molecule has 1 aromatic heterocycles. The van der Waals surface area contributed by atoms with Crippen LogP contribution in [0.15, 0.2) is 24.4 Å². The SMILES string of the molecule is Cc1cccc(CNCC(C)C)c1OCc1cn(C)nn1. The second-order valence-electron chi connectivity index (χ2n) is 5.76.